The molecular weight excluding hydrogens is 134 g/mol. The van der Waals surface area contributed by atoms with Crippen LogP contribution in [0.15, 0.2) is 0 Å². The Balaban J connectivity index is 3.78. The highest BCUT2D eigenvalue weighted by Crippen LogP contribution is 2.14. The van der Waals surface area contributed by atoms with Gasteiger partial charge >= 0.3 is 0 Å². The lowest BCUT2D eigenvalue weighted by atomic mass is 9.92. The van der Waals surface area contributed by atoms with Crippen molar-refractivity contribution >= 4 is 0 Å². The zero-order chi connectivity index (χ0) is 8.20. The number of aliphatic hydroxyl groups is 2. The number of hydrogen-bond donors (Lipinski definition) is 4. The minimum Gasteiger partial charge on any atom is -0.393 e. The number of hydrogen-bond acceptors (Lipinski definition) is 4. The highest BCUT2D eigenvalue weighted by molar-refractivity contribution is 4.78. The largest absolute Gasteiger partial charge is 0.393 e. The summed E-state index contributed by atoms with van der Waals surface area (Å²) in [6.45, 7) is 3.23. The van der Waals surface area contributed by atoms with Gasteiger partial charge < -0.3 is 15.4 Å². The summed E-state index contributed by atoms with van der Waals surface area (Å²) in [4.78, 5) is 0. The minimum absolute atomic E-state index is 0.178. The summed E-state index contributed by atoms with van der Waals surface area (Å²) >= 11 is 0. The summed E-state index contributed by atoms with van der Waals surface area (Å²) in [7, 11) is 0. The predicted octanol–water partition coefficient (Wildman–Crippen LogP) is -0.655. The molecular formula is C6H15NO3. The van der Waals surface area contributed by atoms with Crippen molar-refractivity contribution in [3.63, 3.8) is 0 Å². The zero-order valence-electron chi connectivity index (χ0n) is 6.33. The van der Waals surface area contributed by atoms with Gasteiger partial charge in [-0.2, -0.15) is 0 Å². The molecule has 0 amide bonds. The Morgan fingerprint density at radius 2 is 2.10 bits per heavy atom. The van der Waals surface area contributed by atoms with E-state index in [9.17, 15) is 5.11 Å². The van der Waals surface area contributed by atoms with E-state index >= 15 is 0 Å². The van der Waals surface area contributed by atoms with E-state index in [1.54, 1.807) is 6.92 Å². The molecule has 62 valence electrons. The fourth-order valence-corrected chi connectivity index (χ4v) is 0.513. The van der Waals surface area contributed by atoms with E-state index in [4.69, 9.17) is 10.3 Å². The molecule has 0 bridgehead atoms. The molecule has 0 heterocycles. The van der Waals surface area contributed by atoms with Crippen LogP contribution in [0.5, 0.6) is 0 Å². The molecule has 0 saturated heterocycles. The number of aliphatic hydroxyl groups excluding tert-OH is 1. The van der Waals surface area contributed by atoms with Crippen molar-refractivity contribution in [1.29, 1.82) is 0 Å². The molecule has 10 heavy (non-hydrogen) atoms. The van der Waals surface area contributed by atoms with E-state index in [1.165, 1.54) is 6.92 Å². The molecule has 0 aliphatic heterocycles. The van der Waals surface area contributed by atoms with Gasteiger partial charge in [0.05, 0.1) is 12.2 Å². The molecule has 4 heteroatoms. The Bertz CT molecular complexity index is 95.0. The second-order valence-electron chi connectivity index (χ2n) is 2.78. The Hall–Kier alpha value is -0.160. The lowest BCUT2D eigenvalue weighted by Gasteiger charge is -2.27. The summed E-state index contributed by atoms with van der Waals surface area (Å²) in [5, 5.41) is 26.2. The van der Waals surface area contributed by atoms with E-state index in [1.807, 2.05) is 5.48 Å². The summed E-state index contributed by atoms with van der Waals surface area (Å²) in [5.74, 6) is -0.178. The van der Waals surface area contributed by atoms with Gasteiger partial charge in [0.2, 0.25) is 0 Å². The van der Waals surface area contributed by atoms with Crippen molar-refractivity contribution in [3.8, 4) is 0 Å². The highest BCUT2D eigenvalue weighted by Gasteiger charge is 2.26. The Labute approximate surface area is 60.5 Å². The first-order valence-electron chi connectivity index (χ1n) is 3.24. The van der Waals surface area contributed by atoms with Gasteiger partial charge in [0.1, 0.15) is 0 Å². The van der Waals surface area contributed by atoms with Crippen molar-refractivity contribution in [3.05, 3.63) is 0 Å². The van der Waals surface area contributed by atoms with Crippen LogP contribution in [0.2, 0.25) is 0 Å². The Morgan fingerprint density at radius 1 is 1.60 bits per heavy atom. The van der Waals surface area contributed by atoms with Crippen molar-refractivity contribution in [1.82, 2.24) is 5.48 Å². The summed E-state index contributed by atoms with van der Waals surface area (Å²) in [6.07, 6.45) is 0. The SMILES string of the molecule is CC(CNO)C(C)(O)CO. The second-order valence-corrected chi connectivity index (χ2v) is 2.78. The number of nitrogens with one attached hydrogen (secondary N) is 1. The average Bonchev–Trinajstić information content (AvgIpc) is 1.89. The lowest BCUT2D eigenvalue weighted by Crippen LogP contribution is -2.41. The molecule has 4 nitrogen and oxygen atoms in total. The van der Waals surface area contributed by atoms with E-state index in [0.29, 0.717) is 0 Å². The van der Waals surface area contributed by atoms with Gasteiger partial charge in [-0.3, -0.25) is 0 Å². The van der Waals surface area contributed by atoms with Gasteiger partial charge in [0.15, 0.2) is 0 Å². The van der Waals surface area contributed by atoms with Gasteiger partial charge in [-0.1, -0.05) is 6.92 Å². The Morgan fingerprint density at radius 3 is 2.40 bits per heavy atom. The molecule has 2 unspecified atom stereocenters. The maximum atomic E-state index is 9.32. The first kappa shape index (κ1) is 9.84. The molecule has 0 radical (unpaired) electrons. The lowest BCUT2D eigenvalue weighted by molar-refractivity contribution is -0.0491. The van der Waals surface area contributed by atoms with Crippen LogP contribution >= 0.6 is 0 Å². The van der Waals surface area contributed by atoms with Crippen LogP contribution in [0.1, 0.15) is 13.8 Å². The van der Waals surface area contributed by atoms with Crippen molar-refractivity contribution in [2.24, 2.45) is 5.92 Å². The van der Waals surface area contributed by atoms with E-state index in [0.717, 1.165) is 0 Å². The zero-order valence-corrected chi connectivity index (χ0v) is 6.33. The van der Waals surface area contributed by atoms with E-state index < -0.39 is 5.60 Å². The van der Waals surface area contributed by atoms with Crippen LogP contribution in [-0.2, 0) is 0 Å². The number of rotatable bonds is 4. The molecule has 0 fully saturated rings. The average molecular weight is 149 g/mol. The first-order chi connectivity index (χ1) is 4.54. The molecule has 0 aromatic rings. The standard InChI is InChI=1S/C6H15NO3/c1-5(3-7-10)6(2,9)4-8/h5,7-10H,3-4H2,1-2H3. The van der Waals surface area contributed by atoms with E-state index in [2.05, 4.69) is 0 Å². The third-order valence-corrected chi connectivity index (χ3v) is 1.78. The van der Waals surface area contributed by atoms with Crippen LogP contribution in [0.3, 0.4) is 0 Å². The highest BCUT2D eigenvalue weighted by atomic mass is 16.5. The fourth-order valence-electron chi connectivity index (χ4n) is 0.513. The van der Waals surface area contributed by atoms with Gasteiger partial charge in [0.25, 0.3) is 0 Å². The van der Waals surface area contributed by atoms with E-state index in [-0.39, 0.29) is 19.1 Å². The van der Waals surface area contributed by atoms with Gasteiger partial charge in [-0.25, -0.2) is 5.48 Å². The molecule has 0 aliphatic rings. The molecule has 0 aromatic carbocycles. The summed E-state index contributed by atoms with van der Waals surface area (Å²) in [6, 6.07) is 0. The molecule has 0 aliphatic carbocycles. The maximum absolute atomic E-state index is 9.32. The van der Waals surface area contributed by atoms with Crippen LogP contribution in [-0.4, -0.2) is 34.2 Å². The van der Waals surface area contributed by atoms with Crippen LogP contribution in [0.25, 0.3) is 0 Å². The maximum Gasteiger partial charge on any atom is 0.0887 e. The second kappa shape index (κ2) is 3.88. The summed E-state index contributed by atoms with van der Waals surface area (Å²) in [5.41, 5.74) is 0.821. The molecule has 0 aromatic heterocycles. The molecule has 0 saturated carbocycles. The van der Waals surface area contributed by atoms with Gasteiger partial charge in [0, 0.05) is 12.5 Å². The topological polar surface area (TPSA) is 72.7 Å². The first-order valence-corrected chi connectivity index (χ1v) is 3.24. The smallest absolute Gasteiger partial charge is 0.0887 e. The molecule has 2 atom stereocenters. The molecule has 4 N–H and O–H groups in total. The molecule has 0 rings (SSSR count). The van der Waals surface area contributed by atoms with Crippen LogP contribution < -0.4 is 5.48 Å². The summed E-state index contributed by atoms with van der Waals surface area (Å²) < 4.78 is 0. The van der Waals surface area contributed by atoms with Gasteiger partial charge in [-0.05, 0) is 6.92 Å². The predicted molar refractivity (Wildman–Crippen MR) is 36.7 cm³/mol. The third kappa shape index (κ3) is 2.62. The normalized spacial score (nSPS) is 20.1. The Kier molecular flexibility index (Phi) is 3.81. The van der Waals surface area contributed by atoms with Crippen LogP contribution in [0.4, 0.5) is 0 Å². The quantitative estimate of drug-likeness (QED) is 0.401. The third-order valence-electron chi connectivity index (χ3n) is 1.78. The number of hydroxylamine groups is 1. The minimum atomic E-state index is -1.12. The fraction of sp³-hybridized carbons (Fsp3) is 1.00. The van der Waals surface area contributed by atoms with Crippen LogP contribution in [0, 0.1) is 5.92 Å². The van der Waals surface area contributed by atoms with Crippen molar-refractivity contribution in [2.75, 3.05) is 13.2 Å². The molecule has 0 spiro atoms. The monoisotopic (exact) mass is 149 g/mol. The van der Waals surface area contributed by atoms with Crippen molar-refractivity contribution < 1.29 is 15.4 Å². The van der Waals surface area contributed by atoms with Crippen molar-refractivity contribution in [2.45, 2.75) is 19.4 Å². The van der Waals surface area contributed by atoms with Gasteiger partial charge in [-0.15, -0.1) is 0 Å².